The molecule has 0 aromatic carbocycles. The van der Waals surface area contributed by atoms with Gasteiger partial charge in [-0.25, -0.2) is 0 Å². The Morgan fingerprint density at radius 2 is 1.21 bits per heavy atom. The summed E-state index contributed by atoms with van der Waals surface area (Å²) >= 11 is 0. The molecule has 0 saturated heterocycles. The first-order valence-electron chi connectivity index (χ1n) is 5.82. The minimum atomic E-state index is -0.750. The van der Waals surface area contributed by atoms with Crippen LogP contribution in [-0.4, -0.2) is 15.6 Å². The van der Waals surface area contributed by atoms with Crippen LogP contribution in [0.4, 0.5) is 0 Å². The molecule has 14 heavy (non-hydrogen) atoms. The van der Waals surface area contributed by atoms with E-state index < -0.39 is 9.04 Å². The molecule has 0 bridgehead atoms. The minimum absolute atomic E-state index is 0.375. The molecule has 0 amide bonds. The van der Waals surface area contributed by atoms with Crippen molar-refractivity contribution >= 4 is 9.04 Å². The first-order chi connectivity index (χ1) is 6.31. The van der Waals surface area contributed by atoms with Gasteiger partial charge in [0.25, 0.3) is 0 Å². The van der Waals surface area contributed by atoms with E-state index >= 15 is 0 Å². The zero-order chi connectivity index (χ0) is 11.4. The summed E-state index contributed by atoms with van der Waals surface area (Å²) in [5.41, 5.74) is 0. The third-order valence-electron chi connectivity index (χ3n) is 3.29. The van der Waals surface area contributed by atoms with E-state index in [1.807, 2.05) is 0 Å². The van der Waals surface area contributed by atoms with Gasteiger partial charge in [-0.3, -0.25) is 0 Å². The summed E-state index contributed by atoms with van der Waals surface area (Å²) in [7, 11) is -0.750. The molecule has 0 unspecified atom stereocenters. The van der Waals surface area contributed by atoms with Crippen molar-refractivity contribution in [2.75, 3.05) is 6.61 Å². The lowest BCUT2D eigenvalue weighted by atomic mass is 10.1. The van der Waals surface area contributed by atoms with E-state index in [1.165, 1.54) is 12.8 Å². The normalized spacial score (nSPS) is 13.7. The van der Waals surface area contributed by atoms with Crippen LogP contribution in [0.25, 0.3) is 0 Å². The molecule has 0 aromatic heterocycles. The average Bonchev–Trinajstić information content (AvgIpc) is 2.13. The zero-order valence-corrected chi connectivity index (χ0v) is 12.0. The second-order valence-corrected chi connectivity index (χ2v) is 8.89. The van der Waals surface area contributed by atoms with Crippen molar-refractivity contribution in [2.24, 2.45) is 0 Å². The van der Waals surface area contributed by atoms with Gasteiger partial charge in [-0.05, 0) is 17.0 Å². The smallest absolute Gasteiger partial charge is 0.223 e. The Labute approximate surface area is 92.0 Å². The molecule has 0 spiro atoms. The number of hydrogen-bond donors (Lipinski definition) is 0. The van der Waals surface area contributed by atoms with Crippen molar-refractivity contribution in [3.8, 4) is 0 Å². The van der Waals surface area contributed by atoms with Gasteiger partial charge in [0.2, 0.25) is 9.04 Å². The lowest BCUT2D eigenvalue weighted by molar-refractivity contribution is 0.289. The molecule has 0 heterocycles. The van der Waals surface area contributed by atoms with Crippen LogP contribution in [-0.2, 0) is 4.43 Å². The highest BCUT2D eigenvalue weighted by Gasteiger charge is 2.42. The molecular weight excluding hydrogens is 188 g/mol. The fourth-order valence-corrected chi connectivity index (χ4v) is 5.32. The van der Waals surface area contributed by atoms with E-state index in [2.05, 4.69) is 48.5 Å². The molecular formula is C12H27OSi. The molecule has 0 fully saturated rings. The zero-order valence-electron chi connectivity index (χ0n) is 11.0. The molecule has 0 atom stereocenters. The van der Waals surface area contributed by atoms with E-state index in [-0.39, 0.29) is 0 Å². The fourth-order valence-electron chi connectivity index (χ4n) is 1.77. The summed E-state index contributed by atoms with van der Waals surface area (Å²) in [6.07, 6.45) is 2.43. The van der Waals surface area contributed by atoms with Gasteiger partial charge in [0.15, 0.2) is 0 Å². The Bertz CT molecular complexity index is 148. The van der Waals surface area contributed by atoms with Gasteiger partial charge >= 0.3 is 0 Å². The molecule has 85 valence electrons. The van der Waals surface area contributed by atoms with Crippen LogP contribution in [0.5, 0.6) is 0 Å². The first kappa shape index (κ1) is 14.2. The predicted molar refractivity (Wildman–Crippen MR) is 66.0 cm³/mol. The van der Waals surface area contributed by atoms with Crippen molar-refractivity contribution in [2.45, 2.75) is 71.4 Å². The molecule has 1 radical (unpaired) electrons. The van der Waals surface area contributed by atoms with Gasteiger partial charge in [-0.15, -0.1) is 0 Å². The topological polar surface area (TPSA) is 9.23 Å². The predicted octanol–water partition coefficient (Wildman–Crippen LogP) is 4.39. The number of rotatable bonds is 6. The quantitative estimate of drug-likeness (QED) is 0.597. The maximum absolute atomic E-state index is 6.06. The number of hydrogen-bond acceptors (Lipinski definition) is 1. The van der Waals surface area contributed by atoms with E-state index in [4.69, 9.17) is 4.43 Å². The summed E-state index contributed by atoms with van der Waals surface area (Å²) in [6.45, 7) is 16.9. The van der Waals surface area contributed by atoms with Crippen molar-refractivity contribution in [3.63, 3.8) is 0 Å². The lowest BCUT2D eigenvalue weighted by Crippen LogP contribution is -2.40. The third kappa shape index (κ3) is 3.39. The van der Waals surface area contributed by atoms with E-state index in [0.717, 1.165) is 6.61 Å². The summed E-state index contributed by atoms with van der Waals surface area (Å²) in [6, 6.07) is 0. The summed E-state index contributed by atoms with van der Waals surface area (Å²) in [5.74, 6) is 0. The molecule has 0 aromatic rings. The molecule has 0 rings (SSSR count). The van der Waals surface area contributed by atoms with Crippen molar-refractivity contribution in [1.29, 1.82) is 0 Å². The van der Waals surface area contributed by atoms with Crippen LogP contribution in [0, 0.1) is 0 Å². The van der Waals surface area contributed by atoms with Gasteiger partial charge in [-0.2, -0.15) is 0 Å². The third-order valence-corrected chi connectivity index (χ3v) is 7.03. The van der Waals surface area contributed by atoms with Crippen molar-refractivity contribution < 1.29 is 4.43 Å². The Kier molecular flexibility index (Phi) is 5.38. The van der Waals surface area contributed by atoms with Crippen LogP contribution in [0.3, 0.4) is 0 Å². The van der Waals surface area contributed by atoms with Gasteiger partial charge < -0.3 is 4.43 Å². The maximum Gasteiger partial charge on any atom is 0.223 e. The van der Waals surface area contributed by atoms with Crippen molar-refractivity contribution in [3.05, 3.63) is 0 Å². The molecule has 0 aliphatic heterocycles. The second-order valence-electron chi connectivity index (χ2n) is 5.24. The van der Waals surface area contributed by atoms with E-state index in [0.29, 0.717) is 10.1 Å². The highest BCUT2D eigenvalue weighted by Crippen LogP contribution is 2.47. The summed E-state index contributed by atoms with van der Waals surface area (Å²) in [5, 5.41) is 0.750. The van der Waals surface area contributed by atoms with Crippen LogP contribution < -0.4 is 0 Å². The van der Waals surface area contributed by atoms with Gasteiger partial charge in [0.1, 0.15) is 0 Å². The highest BCUT2D eigenvalue weighted by atomic mass is 28.3. The second kappa shape index (κ2) is 5.31. The Balaban J connectivity index is 4.75. The standard InChI is InChI=1S/C12H27OSi/c1-8-11(4,5)14(13-10-3)12(6,7)9-2/h8-10H2,1-7H3. The summed E-state index contributed by atoms with van der Waals surface area (Å²) < 4.78 is 6.06. The van der Waals surface area contributed by atoms with Gasteiger partial charge in [-0.1, -0.05) is 54.4 Å². The van der Waals surface area contributed by atoms with Crippen LogP contribution in [0.1, 0.15) is 61.3 Å². The van der Waals surface area contributed by atoms with E-state index in [9.17, 15) is 0 Å². The average molecular weight is 215 g/mol. The van der Waals surface area contributed by atoms with Crippen LogP contribution in [0.15, 0.2) is 0 Å². The lowest BCUT2D eigenvalue weighted by Gasteiger charge is -2.41. The molecule has 2 heteroatoms. The first-order valence-corrected chi connectivity index (χ1v) is 7.23. The molecule has 0 saturated carbocycles. The minimum Gasteiger partial charge on any atom is -0.416 e. The molecule has 0 aliphatic rings. The van der Waals surface area contributed by atoms with Crippen molar-refractivity contribution in [1.82, 2.24) is 0 Å². The highest BCUT2D eigenvalue weighted by molar-refractivity contribution is 6.58. The van der Waals surface area contributed by atoms with Gasteiger partial charge in [0.05, 0.1) is 0 Å². The molecule has 0 aliphatic carbocycles. The fraction of sp³-hybridized carbons (Fsp3) is 1.00. The SMILES string of the molecule is CCO[Si](C(C)(C)CC)C(C)(C)CC. The van der Waals surface area contributed by atoms with Gasteiger partial charge in [0, 0.05) is 6.61 Å². The van der Waals surface area contributed by atoms with E-state index in [1.54, 1.807) is 0 Å². The summed E-state index contributed by atoms with van der Waals surface area (Å²) in [4.78, 5) is 0. The Hall–Kier alpha value is 0.177. The monoisotopic (exact) mass is 215 g/mol. The Morgan fingerprint density at radius 3 is 1.43 bits per heavy atom. The molecule has 1 nitrogen and oxygen atoms in total. The molecule has 0 N–H and O–H groups in total. The Morgan fingerprint density at radius 1 is 0.857 bits per heavy atom. The van der Waals surface area contributed by atoms with Crippen LogP contribution >= 0.6 is 0 Å². The van der Waals surface area contributed by atoms with Crippen LogP contribution in [0.2, 0.25) is 10.1 Å². The maximum atomic E-state index is 6.06. The largest absolute Gasteiger partial charge is 0.416 e.